The number of amides is 1. The van der Waals surface area contributed by atoms with Crippen molar-refractivity contribution in [3.63, 3.8) is 0 Å². The average Bonchev–Trinajstić information content (AvgIpc) is 2.31. The Balaban J connectivity index is 2.77. The number of alkyl halides is 3. The highest BCUT2D eigenvalue weighted by Crippen LogP contribution is 2.32. The second-order valence-corrected chi connectivity index (χ2v) is 4.67. The number of nitrogens with one attached hydrogen (secondary N) is 1. The molecule has 0 aliphatic rings. The molecule has 1 rings (SSSR count). The summed E-state index contributed by atoms with van der Waals surface area (Å²) in [5, 5.41) is 2.48. The monoisotopic (exact) mass is 352 g/mol. The molecule has 0 aliphatic heterocycles. The van der Waals surface area contributed by atoms with E-state index in [4.69, 9.17) is 5.73 Å². The van der Waals surface area contributed by atoms with Crippen LogP contribution in [0.15, 0.2) is 35.3 Å². The first kappa shape index (κ1) is 16.5. The highest BCUT2D eigenvalue weighted by Gasteiger charge is 2.32. The Hall–Kier alpha value is -1.54. The summed E-state index contributed by atoms with van der Waals surface area (Å²) in [5.74, 6) is -0.854. The zero-order valence-electron chi connectivity index (χ0n) is 10.2. The fraction of sp³-hybridized carbons (Fsp3) is 0.250. The molecule has 0 saturated carbocycles. The first-order valence-corrected chi connectivity index (χ1v) is 6.25. The summed E-state index contributed by atoms with van der Waals surface area (Å²) in [7, 11) is 0. The first-order valence-electron chi connectivity index (χ1n) is 5.45. The Bertz CT molecular complexity index is 506. The highest BCUT2D eigenvalue weighted by atomic mass is 79.9. The normalized spacial score (nSPS) is 12.7. The maximum atomic E-state index is 12.1. The third-order valence-electron chi connectivity index (χ3n) is 2.18. The Morgan fingerprint density at radius 1 is 1.55 bits per heavy atom. The molecule has 8 heteroatoms. The van der Waals surface area contributed by atoms with E-state index in [1.54, 1.807) is 0 Å². The molecule has 0 aliphatic carbocycles. The topological polar surface area (TPSA) is 64.4 Å². The Kier molecular flexibility index (Phi) is 5.58. The van der Waals surface area contributed by atoms with E-state index in [1.807, 2.05) is 0 Å². The summed E-state index contributed by atoms with van der Waals surface area (Å²) >= 11 is 2.93. The minimum atomic E-state index is -4.78. The van der Waals surface area contributed by atoms with Crippen LogP contribution in [0.3, 0.4) is 0 Å². The number of rotatable bonds is 5. The lowest BCUT2D eigenvalue weighted by Crippen LogP contribution is -2.35. The molecule has 0 aromatic heterocycles. The molecule has 1 aromatic carbocycles. The Morgan fingerprint density at radius 3 is 2.70 bits per heavy atom. The van der Waals surface area contributed by atoms with Crippen molar-refractivity contribution in [2.24, 2.45) is 5.73 Å². The van der Waals surface area contributed by atoms with Crippen molar-refractivity contribution in [1.29, 1.82) is 0 Å². The summed E-state index contributed by atoms with van der Waals surface area (Å²) in [6.07, 6.45) is -2.98. The van der Waals surface area contributed by atoms with Gasteiger partial charge in [0, 0.05) is 5.69 Å². The van der Waals surface area contributed by atoms with Gasteiger partial charge < -0.3 is 15.8 Å². The summed E-state index contributed by atoms with van der Waals surface area (Å²) < 4.78 is 40.1. The van der Waals surface area contributed by atoms with Crippen LogP contribution in [-0.2, 0) is 4.79 Å². The van der Waals surface area contributed by atoms with Gasteiger partial charge in [-0.3, -0.25) is 4.79 Å². The van der Waals surface area contributed by atoms with Crippen LogP contribution >= 0.6 is 15.9 Å². The van der Waals surface area contributed by atoms with Gasteiger partial charge in [0.2, 0.25) is 5.91 Å². The van der Waals surface area contributed by atoms with Crippen molar-refractivity contribution >= 4 is 27.5 Å². The number of halogens is 4. The summed E-state index contributed by atoms with van der Waals surface area (Å²) in [6, 6.07) is 2.90. The van der Waals surface area contributed by atoms with Gasteiger partial charge in [-0.15, -0.1) is 19.8 Å². The van der Waals surface area contributed by atoms with Crippen molar-refractivity contribution in [2.75, 3.05) is 5.32 Å². The predicted octanol–water partition coefficient (Wildman–Crippen LogP) is 3.19. The summed E-state index contributed by atoms with van der Waals surface area (Å²) in [5.41, 5.74) is 5.86. The van der Waals surface area contributed by atoms with E-state index in [1.165, 1.54) is 18.2 Å². The van der Waals surface area contributed by atoms with Crippen LogP contribution in [-0.4, -0.2) is 18.3 Å². The molecule has 4 nitrogen and oxygen atoms in total. The maximum absolute atomic E-state index is 12.1. The van der Waals surface area contributed by atoms with Gasteiger partial charge in [-0.05, 0) is 40.5 Å². The molecule has 0 spiro atoms. The molecule has 1 atom stereocenters. The van der Waals surface area contributed by atoms with Crippen molar-refractivity contribution in [3.05, 3.63) is 35.3 Å². The van der Waals surface area contributed by atoms with Gasteiger partial charge in [-0.2, -0.15) is 0 Å². The third kappa shape index (κ3) is 5.22. The second kappa shape index (κ2) is 6.76. The average molecular weight is 353 g/mol. The molecule has 1 aromatic rings. The second-order valence-electron chi connectivity index (χ2n) is 3.81. The van der Waals surface area contributed by atoms with E-state index in [-0.39, 0.29) is 4.47 Å². The van der Waals surface area contributed by atoms with Crippen molar-refractivity contribution in [2.45, 2.75) is 18.8 Å². The molecule has 0 heterocycles. The van der Waals surface area contributed by atoms with Crippen molar-refractivity contribution in [1.82, 2.24) is 0 Å². The summed E-state index contributed by atoms with van der Waals surface area (Å²) in [6.45, 7) is 3.46. The van der Waals surface area contributed by atoms with Gasteiger partial charge in [0.05, 0.1) is 10.5 Å². The standard InChI is InChI=1S/C12H12BrF3N2O2/c1-2-3-9(17)11(19)18-7-4-5-10(8(13)6-7)20-12(14,15)16/h2,4-6,9H,1,3,17H2,(H,18,19). The van der Waals surface area contributed by atoms with Crippen molar-refractivity contribution in [3.8, 4) is 5.75 Å². The van der Waals surface area contributed by atoms with E-state index in [9.17, 15) is 18.0 Å². The minimum Gasteiger partial charge on any atom is -0.405 e. The number of hydrogen-bond acceptors (Lipinski definition) is 3. The number of hydrogen-bond donors (Lipinski definition) is 2. The molecule has 1 unspecified atom stereocenters. The lowest BCUT2D eigenvalue weighted by atomic mass is 10.2. The number of ether oxygens (including phenoxy) is 1. The van der Waals surface area contributed by atoms with E-state index in [0.29, 0.717) is 12.1 Å². The van der Waals surface area contributed by atoms with Crippen LogP contribution in [0.4, 0.5) is 18.9 Å². The molecule has 0 saturated heterocycles. The van der Waals surface area contributed by atoms with Crippen LogP contribution in [0.1, 0.15) is 6.42 Å². The first-order chi connectivity index (χ1) is 9.23. The number of nitrogens with two attached hydrogens (primary N) is 1. The molecule has 1 amide bonds. The number of anilines is 1. The van der Waals surface area contributed by atoms with Crippen LogP contribution in [0, 0.1) is 0 Å². The lowest BCUT2D eigenvalue weighted by molar-refractivity contribution is -0.274. The lowest BCUT2D eigenvalue weighted by Gasteiger charge is -2.13. The molecule has 3 N–H and O–H groups in total. The molecule has 0 bridgehead atoms. The molecular weight excluding hydrogens is 341 g/mol. The van der Waals surface area contributed by atoms with E-state index in [2.05, 4.69) is 32.6 Å². The van der Waals surface area contributed by atoms with Crippen LogP contribution < -0.4 is 15.8 Å². The van der Waals surface area contributed by atoms with Gasteiger partial charge >= 0.3 is 6.36 Å². The highest BCUT2D eigenvalue weighted by molar-refractivity contribution is 9.10. The number of carbonyl (C=O) groups is 1. The van der Waals surface area contributed by atoms with E-state index < -0.39 is 24.1 Å². The minimum absolute atomic E-state index is 0.0601. The van der Waals surface area contributed by atoms with E-state index >= 15 is 0 Å². The van der Waals surface area contributed by atoms with Crippen molar-refractivity contribution < 1.29 is 22.7 Å². The fourth-order valence-corrected chi connectivity index (χ4v) is 1.77. The van der Waals surface area contributed by atoms with Crippen LogP contribution in [0.5, 0.6) is 5.75 Å². The van der Waals surface area contributed by atoms with Gasteiger partial charge in [-0.1, -0.05) is 6.08 Å². The summed E-state index contributed by atoms with van der Waals surface area (Å²) in [4.78, 5) is 11.6. The third-order valence-corrected chi connectivity index (χ3v) is 2.80. The smallest absolute Gasteiger partial charge is 0.405 e. The molecule has 0 fully saturated rings. The zero-order valence-corrected chi connectivity index (χ0v) is 11.8. The molecule has 110 valence electrons. The molecular formula is C12H12BrF3N2O2. The van der Waals surface area contributed by atoms with Gasteiger partial charge in [0.1, 0.15) is 5.75 Å². The van der Waals surface area contributed by atoms with Gasteiger partial charge in [-0.25, -0.2) is 0 Å². The molecule has 20 heavy (non-hydrogen) atoms. The largest absolute Gasteiger partial charge is 0.573 e. The van der Waals surface area contributed by atoms with Gasteiger partial charge in [0.25, 0.3) is 0 Å². The van der Waals surface area contributed by atoms with Crippen LogP contribution in [0.2, 0.25) is 0 Å². The maximum Gasteiger partial charge on any atom is 0.573 e. The van der Waals surface area contributed by atoms with E-state index in [0.717, 1.165) is 6.07 Å². The fourth-order valence-electron chi connectivity index (χ4n) is 1.31. The molecule has 0 radical (unpaired) electrons. The Morgan fingerprint density at radius 2 is 2.20 bits per heavy atom. The van der Waals surface area contributed by atoms with Gasteiger partial charge in [0.15, 0.2) is 0 Å². The number of benzene rings is 1. The Labute approximate surface area is 121 Å². The predicted molar refractivity (Wildman–Crippen MR) is 72.2 cm³/mol. The quantitative estimate of drug-likeness (QED) is 0.800. The zero-order chi connectivity index (χ0) is 15.3. The van der Waals surface area contributed by atoms with Crippen LogP contribution in [0.25, 0.3) is 0 Å². The SMILES string of the molecule is C=CCC(N)C(=O)Nc1ccc(OC(F)(F)F)c(Br)c1. The number of carbonyl (C=O) groups excluding carboxylic acids is 1.